The molecule has 7 nitrogen and oxygen atoms in total. The van der Waals surface area contributed by atoms with E-state index in [-0.39, 0.29) is 16.8 Å². The summed E-state index contributed by atoms with van der Waals surface area (Å²) in [6.45, 7) is 2.11. The lowest BCUT2D eigenvalue weighted by molar-refractivity contribution is 0.0782. The van der Waals surface area contributed by atoms with Crippen molar-refractivity contribution in [3.05, 3.63) is 47.3 Å². The number of hydrogen-bond donors (Lipinski definition) is 0. The Morgan fingerprint density at radius 1 is 1.14 bits per heavy atom. The van der Waals surface area contributed by atoms with Crippen LogP contribution in [0.4, 0.5) is 0 Å². The summed E-state index contributed by atoms with van der Waals surface area (Å²) in [5, 5.41) is 3.89. The quantitative estimate of drug-likeness (QED) is 0.737. The molecule has 0 N–H and O–H groups in total. The Bertz CT molecular complexity index is 915. The minimum absolute atomic E-state index is 0.0529. The molecule has 1 aromatic carbocycles. The number of sulfonamides is 1. The van der Waals surface area contributed by atoms with Gasteiger partial charge in [-0.2, -0.15) is 4.31 Å². The zero-order valence-corrected chi connectivity index (χ0v) is 17.4. The largest absolute Gasteiger partial charge is 0.361 e. The van der Waals surface area contributed by atoms with Crippen LogP contribution in [-0.4, -0.2) is 48.8 Å². The third-order valence-corrected chi connectivity index (χ3v) is 7.21. The molecule has 8 heteroatoms. The van der Waals surface area contributed by atoms with Crippen LogP contribution in [0.5, 0.6) is 0 Å². The SMILES string of the molecule is Cc1cc(CN(C)C(=O)c2ccc(S(=O)(=O)N(C)C3CCCCC3)cc2)no1. The van der Waals surface area contributed by atoms with Crippen LogP contribution < -0.4 is 0 Å². The first kappa shape index (κ1) is 20.5. The topological polar surface area (TPSA) is 83.7 Å². The van der Waals surface area contributed by atoms with Crippen molar-refractivity contribution in [3.63, 3.8) is 0 Å². The highest BCUT2D eigenvalue weighted by atomic mass is 32.2. The van der Waals surface area contributed by atoms with Gasteiger partial charge in [-0.1, -0.05) is 24.4 Å². The first-order valence-corrected chi connectivity index (χ1v) is 11.0. The third-order valence-electron chi connectivity index (χ3n) is 5.29. The van der Waals surface area contributed by atoms with Crippen molar-refractivity contribution >= 4 is 15.9 Å². The van der Waals surface area contributed by atoms with Gasteiger partial charge >= 0.3 is 0 Å². The predicted octanol–water partition coefficient (Wildman–Crippen LogP) is 3.21. The molecule has 1 saturated carbocycles. The number of benzene rings is 1. The number of carbonyl (C=O) groups is 1. The van der Waals surface area contributed by atoms with Crippen molar-refractivity contribution in [2.75, 3.05) is 14.1 Å². The highest BCUT2D eigenvalue weighted by Gasteiger charge is 2.29. The average Bonchev–Trinajstić information content (AvgIpc) is 3.12. The van der Waals surface area contributed by atoms with Crippen molar-refractivity contribution in [2.45, 2.75) is 56.5 Å². The molecule has 1 heterocycles. The van der Waals surface area contributed by atoms with Crippen LogP contribution in [-0.2, 0) is 16.6 Å². The van der Waals surface area contributed by atoms with Gasteiger partial charge in [-0.15, -0.1) is 0 Å². The number of rotatable bonds is 6. The Hall–Kier alpha value is -2.19. The highest BCUT2D eigenvalue weighted by Crippen LogP contribution is 2.26. The Kier molecular flexibility index (Phi) is 6.20. The molecule has 0 bridgehead atoms. The number of carbonyl (C=O) groups excluding carboxylic acids is 1. The Morgan fingerprint density at radius 2 is 1.79 bits per heavy atom. The molecule has 0 spiro atoms. The molecule has 2 aromatic rings. The van der Waals surface area contributed by atoms with Crippen molar-refractivity contribution in [3.8, 4) is 0 Å². The zero-order chi connectivity index (χ0) is 20.3. The summed E-state index contributed by atoms with van der Waals surface area (Å²) < 4.78 is 32.3. The van der Waals surface area contributed by atoms with Crippen LogP contribution in [0.25, 0.3) is 0 Å². The molecular formula is C20H27N3O4S. The van der Waals surface area contributed by atoms with Crippen molar-refractivity contribution in [2.24, 2.45) is 0 Å². The number of aryl methyl sites for hydroxylation is 1. The summed E-state index contributed by atoms with van der Waals surface area (Å²) in [5.41, 5.74) is 1.10. The van der Waals surface area contributed by atoms with E-state index >= 15 is 0 Å². The molecule has 1 aliphatic rings. The van der Waals surface area contributed by atoms with Gasteiger partial charge in [0.2, 0.25) is 10.0 Å². The van der Waals surface area contributed by atoms with E-state index in [0.29, 0.717) is 23.6 Å². The molecule has 0 unspecified atom stereocenters. The van der Waals surface area contributed by atoms with Gasteiger partial charge in [0, 0.05) is 31.8 Å². The fourth-order valence-corrected chi connectivity index (χ4v) is 5.02. The average molecular weight is 406 g/mol. The van der Waals surface area contributed by atoms with E-state index in [4.69, 9.17) is 4.52 Å². The van der Waals surface area contributed by atoms with Crippen LogP contribution in [0.2, 0.25) is 0 Å². The molecule has 0 radical (unpaired) electrons. The molecule has 28 heavy (non-hydrogen) atoms. The summed E-state index contributed by atoms with van der Waals surface area (Å²) in [6, 6.07) is 7.98. The molecule has 152 valence electrons. The molecule has 1 fully saturated rings. The summed E-state index contributed by atoms with van der Waals surface area (Å²) >= 11 is 0. The summed E-state index contributed by atoms with van der Waals surface area (Å²) in [7, 11) is -0.236. The minimum atomic E-state index is -3.56. The molecule has 0 aliphatic heterocycles. The lowest BCUT2D eigenvalue weighted by Crippen LogP contribution is -2.38. The standard InChI is InChI=1S/C20H27N3O4S/c1-15-13-17(21-27-15)14-22(2)20(24)16-9-11-19(12-10-16)28(25,26)23(3)18-7-5-4-6-8-18/h9-13,18H,4-8,14H2,1-3H3. The van der Waals surface area contributed by atoms with Gasteiger partial charge in [0.1, 0.15) is 11.5 Å². The van der Waals surface area contributed by atoms with E-state index in [9.17, 15) is 13.2 Å². The van der Waals surface area contributed by atoms with E-state index < -0.39 is 10.0 Å². The Balaban J connectivity index is 1.70. The van der Waals surface area contributed by atoms with Gasteiger partial charge < -0.3 is 9.42 Å². The molecule has 3 rings (SSSR count). The van der Waals surface area contributed by atoms with Gasteiger partial charge in [0.25, 0.3) is 5.91 Å². The second-order valence-corrected chi connectivity index (χ2v) is 9.43. The molecule has 0 saturated heterocycles. The minimum Gasteiger partial charge on any atom is -0.361 e. The van der Waals surface area contributed by atoms with Crippen molar-refractivity contribution in [1.29, 1.82) is 0 Å². The maximum atomic E-state index is 12.9. The van der Waals surface area contributed by atoms with Crippen LogP contribution in [0.15, 0.2) is 39.8 Å². The summed E-state index contributed by atoms with van der Waals surface area (Å²) in [6.07, 6.45) is 5.10. The Morgan fingerprint density at radius 3 is 2.36 bits per heavy atom. The maximum absolute atomic E-state index is 12.9. The smallest absolute Gasteiger partial charge is 0.253 e. The monoisotopic (exact) mass is 405 g/mol. The highest BCUT2D eigenvalue weighted by molar-refractivity contribution is 7.89. The molecule has 0 atom stereocenters. The lowest BCUT2D eigenvalue weighted by Gasteiger charge is -2.30. The molecule has 1 aliphatic carbocycles. The van der Waals surface area contributed by atoms with Gasteiger partial charge in [-0.3, -0.25) is 4.79 Å². The predicted molar refractivity (Wildman–Crippen MR) is 105 cm³/mol. The first-order chi connectivity index (χ1) is 13.3. The van der Waals surface area contributed by atoms with E-state index in [0.717, 1.165) is 25.7 Å². The third kappa shape index (κ3) is 4.44. The van der Waals surface area contributed by atoms with Crippen LogP contribution in [0, 0.1) is 6.92 Å². The van der Waals surface area contributed by atoms with Crippen molar-refractivity contribution < 1.29 is 17.7 Å². The van der Waals surface area contributed by atoms with Crippen molar-refractivity contribution in [1.82, 2.24) is 14.4 Å². The normalized spacial score (nSPS) is 15.7. The second-order valence-electron chi connectivity index (χ2n) is 7.43. The second kappa shape index (κ2) is 8.45. The van der Waals surface area contributed by atoms with Gasteiger partial charge in [-0.05, 0) is 44.0 Å². The number of hydrogen-bond acceptors (Lipinski definition) is 5. The maximum Gasteiger partial charge on any atom is 0.253 e. The molecular weight excluding hydrogens is 378 g/mol. The van der Waals surface area contributed by atoms with Crippen LogP contribution >= 0.6 is 0 Å². The van der Waals surface area contributed by atoms with E-state index in [1.165, 1.54) is 27.8 Å². The van der Waals surface area contributed by atoms with E-state index in [1.807, 2.05) is 0 Å². The van der Waals surface area contributed by atoms with E-state index in [2.05, 4.69) is 5.16 Å². The summed E-state index contributed by atoms with van der Waals surface area (Å²) in [4.78, 5) is 14.3. The van der Waals surface area contributed by atoms with Gasteiger partial charge in [-0.25, -0.2) is 8.42 Å². The van der Waals surface area contributed by atoms with E-state index in [1.54, 1.807) is 39.2 Å². The first-order valence-electron chi connectivity index (χ1n) is 9.55. The summed E-state index contributed by atoms with van der Waals surface area (Å²) in [5.74, 6) is 0.484. The van der Waals surface area contributed by atoms with Crippen LogP contribution in [0.1, 0.15) is 53.9 Å². The van der Waals surface area contributed by atoms with Gasteiger partial charge in [0.15, 0.2) is 0 Å². The fraction of sp³-hybridized carbons (Fsp3) is 0.500. The van der Waals surface area contributed by atoms with Crippen LogP contribution in [0.3, 0.4) is 0 Å². The fourth-order valence-electron chi connectivity index (χ4n) is 3.60. The van der Waals surface area contributed by atoms with Gasteiger partial charge in [0.05, 0.1) is 11.4 Å². The lowest BCUT2D eigenvalue weighted by atomic mass is 9.96. The zero-order valence-electron chi connectivity index (χ0n) is 16.6. The number of nitrogens with zero attached hydrogens (tertiary/aromatic N) is 3. The number of aromatic nitrogens is 1. The Labute approximate surface area is 166 Å². The molecule has 1 aromatic heterocycles. The number of amides is 1. The molecule has 1 amide bonds.